The highest BCUT2D eigenvalue weighted by Crippen LogP contribution is 2.50. The number of hydrogen-bond donors (Lipinski definition) is 0. The third-order valence-electron chi connectivity index (χ3n) is 9.49. The van der Waals surface area contributed by atoms with Gasteiger partial charge in [0.2, 0.25) is 0 Å². The zero-order valence-electron chi connectivity index (χ0n) is 26.2. The topological polar surface area (TPSA) is 3.24 Å². The molecule has 0 radical (unpaired) electrons. The van der Waals surface area contributed by atoms with Crippen LogP contribution >= 0.6 is 0 Å². The molecule has 0 N–H and O–H groups in total. The van der Waals surface area contributed by atoms with Gasteiger partial charge in [0, 0.05) is 22.5 Å². The lowest BCUT2D eigenvalue weighted by atomic mass is 9.82. The minimum atomic E-state index is -0.0598. The summed E-state index contributed by atoms with van der Waals surface area (Å²) in [6.45, 7) is 4.69. The van der Waals surface area contributed by atoms with Crippen LogP contribution in [0.2, 0.25) is 0 Å². The average molecular weight is 590 g/mol. The Labute approximate surface area is 272 Å². The molecule has 8 rings (SSSR count). The van der Waals surface area contributed by atoms with Gasteiger partial charge in [-0.2, -0.15) is 0 Å². The van der Waals surface area contributed by atoms with Crippen LogP contribution in [0.5, 0.6) is 0 Å². The molecule has 220 valence electrons. The van der Waals surface area contributed by atoms with Crippen LogP contribution in [0.1, 0.15) is 25.0 Å². The highest BCUT2D eigenvalue weighted by atomic mass is 15.1. The monoisotopic (exact) mass is 589 g/mol. The first-order chi connectivity index (χ1) is 22.6. The van der Waals surface area contributed by atoms with E-state index in [1.807, 2.05) is 0 Å². The molecule has 7 aromatic rings. The van der Waals surface area contributed by atoms with E-state index in [1.54, 1.807) is 0 Å². The van der Waals surface area contributed by atoms with E-state index in [0.29, 0.717) is 0 Å². The fourth-order valence-electron chi connectivity index (χ4n) is 7.02. The van der Waals surface area contributed by atoms with Gasteiger partial charge < -0.3 is 4.90 Å². The molecule has 7 aromatic carbocycles. The van der Waals surface area contributed by atoms with E-state index in [2.05, 4.69) is 195 Å². The van der Waals surface area contributed by atoms with Crippen LogP contribution in [0, 0.1) is 0 Å². The highest BCUT2D eigenvalue weighted by molar-refractivity contribution is 5.86. The van der Waals surface area contributed by atoms with Crippen LogP contribution in [0.25, 0.3) is 44.5 Å². The molecule has 0 atom stereocenters. The van der Waals surface area contributed by atoms with E-state index in [-0.39, 0.29) is 5.41 Å². The zero-order valence-corrected chi connectivity index (χ0v) is 26.2. The van der Waals surface area contributed by atoms with Crippen molar-refractivity contribution in [3.8, 4) is 44.5 Å². The van der Waals surface area contributed by atoms with Gasteiger partial charge in [0.05, 0.1) is 0 Å². The number of fused-ring (bicyclic) bond motifs is 3. The third-order valence-corrected chi connectivity index (χ3v) is 9.49. The van der Waals surface area contributed by atoms with Gasteiger partial charge in [-0.25, -0.2) is 0 Å². The maximum Gasteiger partial charge on any atom is 0.0467 e. The molecular weight excluding hydrogens is 555 g/mol. The summed E-state index contributed by atoms with van der Waals surface area (Å²) in [5.41, 5.74) is 16.1. The van der Waals surface area contributed by atoms with E-state index in [0.717, 1.165) is 17.1 Å². The van der Waals surface area contributed by atoms with Crippen LogP contribution in [0.15, 0.2) is 176 Å². The van der Waals surface area contributed by atoms with Gasteiger partial charge in [-0.15, -0.1) is 0 Å². The van der Waals surface area contributed by atoms with Crippen molar-refractivity contribution in [1.82, 2.24) is 0 Å². The average Bonchev–Trinajstić information content (AvgIpc) is 3.35. The largest absolute Gasteiger partial charge is 0.310 e. The third kappa shape index (κ3) is 4.91. The van der Waals surface area contributed by atoms with Crippen molar-refractivity contribution in [3.05, 3.63) is 187 Å². The van der Waals surface area contributed by atoms with Crippen LogP contribution in [-0.2, 0) is 5.41 Å². The maximum atomic E-state index is 2.40. The van der Waals surface area contributed by atoms with Gasteiger partial charge in [0.1, 0.15) is 0 Å². The first-order valence-corrected chi connectivity index (χ1v) is 16.0. The molecule has 0 amide bonds. The van der Waals surface area contributed by atoms with Gasteiger partial charge in [-0.3, -0.25) is 0 Å². The minimum Gasteiger partial charge on any atom is -0.310 e. The fourth-order valence-corrected chi connectivity index (χ4v) is 7.02. The van der Waals surface area contributed by atoms with Crippen molar-refractivity contribution in [1.29, 1.82) is 0 Å². The van der Waals surface area contributed by atoms with E-state index in [4.69, 9.17) is 0 Å². The molecule has 0 aromatic heterocycles. The van der Waals surface area contributed by atoms with Gasteiger partial charge >= 0.3 is 0 Å². The van der Waals surface area contributed by atoms with Crippen molar-refractivity contribution in [2.24, 2.45) is 0 Å². The number of benzene rings is 7. The van der Waals surface area contributed by atoms with Crippen LogP contribution in [0.4, 0.5) is 17.1 Å². The standard InChI is InChI=1S/C45H35N/c1-45(2)43-19-10-9-18-41(43)42-29-28-40(31-44(42)45)46(38-15-7-4-8-16-38)39-17-11-14-37(30-39)36-26-24-35(25-27-36)34-22-20-33(21-23-34)32-12-5-3-6-13-32/h3-31H,1-2H3. The second kappa shape index (κ2) is 11.4. The Morgan fingerprint density at radius 3 is 1.43 bits per heavy atom. The lowest BCUT2D eigenvalue weighted by Gasteiger charge is -2.28. The van der Waals surface area contributed by atoms with Crippen molar-refractivity contribution in [3.63, 3.8) is 0 Å². The second-order valence-corrected chi connectivity index (χ2v) is 12.6. The molecular formula is C45H35N. The predicted molar refractivity (Wildman–Crippen MR) is 195 cm³/mol. The fraction of sp³-hybridized carbons (Fsp3) is 0.0667. The van der Waals surface area contributed by atoms with Crippen LogP contribution < -0.4 is 4.90 Å². The Bertz CT molecular complexity index is 2140. The van der Waals surface area contributed by atoms with E-state index in [1.165, 1.54) is 55.6 Å². The minimum absolute atomic E-state index is 0.0598. The smallest absolute Gasteiger partial charge is 0.0467 e. The molecule has 1 heteroatoms. The zero-order chi connectivity index (χ0) is 31.1. The van der Waals surface area contributed by atoms with Gasteiger partial charge in [-0.1, -0.05) is 153 Å². The first-order valence-electron chi connectivity index (χ1n) is 16.0. The molecule has 0 bridgehead atoms. The van der Waals surface area contributed by atoms with Crippen molar-refractivity contribution in [2.45, 2.75) is 19.3 Å². The molecule has 1 aliphatic rings. The van der Waals surface area contributed by atoms with E-state index < -0.39 is 0 Å². The van der Waals surface area contributed by atoms with Crippen LogP contribution in [0.3, 0.4) is 0 Å². The second-order valence-electron chi connectivity index (χ2n) is 12.6. The molecule has 0 spiro atoms. The van der Waals surface area contributed by atoms with Gasteiger partial charge in [-0.05, 0) is 92.0 Å². The number of para-hydroxylation sites is 1. The summed E-state index contributed by atoms with van der Waals surface area (Å²) in [5.74, 6) is 0. The number of anilines is 3. The number of hydrogen-bond acceptors (Lipinski definition) is 1. The van der Waals surface area contributed by atoms with Crippen molar-refractivity contribution in [2.75, 3.05) is 4.90 Å². The molecule has 46 heavy (non-hydrogen) atoms. The molecule has 0 saturated heterocycles. The Morgan fingerprint density at radius 1 is 0.326 bits per heavy atom. The number of nitrogens with zero attached hydrogens (tertiary/aromatic N) is 1. The molecule has 1 aliphatic carbocycles. The summed E-state index contributed by atoms with van der Waals surface area (Å²) in [7, 11) is 0. The van der Waals surface area contributed by atoms with Crippen LogP contribution in [-0.4, -0.2) is 0 Å². The molecule has 0 unspecified atom stereocenters. The molecule has 0 aliphatic heterocycles. The Balaban J connectivity index is 1.13. The Morgan fingerprint density at radius 2 is 0.783 bits per heavy atom. The molecule has 0 saturated carbocycles. The summed E-state index contributed by atoms with van der Waals surface area (Å²) in [6, 6.07) is 63.7. The Hall–Kier alpha value is -5.66. The summed E-state index contributed by atoms with van der Waals surface area (Å²) in [4.78, 5) is 2.38. The summed E-state index contributed by atoms with van der Waals surface area (Å²) in [6.07, 6.45) is 0. The van der Waals surface area contributed by atoms with E-state index >= 15 is 0 Å². The molecule has 0 heterocycles. The van der Waals surface area contributed by atoms with Gasteiger partial charge in [0.15, 0.2) is 0 Å². The predicted octanol–water partition coefficient (Wildman–Crippen LogP) is 12.5. The summed E-state index contributed by atoms with van der Waals surface area (Å²) in [5, 5.41) is 0. The van der Waals surface area contributed by atoms with Crippen molar-refractivity contribution < 1.29 is 0 Å². The maximum absolute atomic E-state index is 2.40. The lowest BCUT2D eigenvalue weighted by molar-refractivity contribution is 0.660. The summed E-state index contributed by atoms with van der Waals surface area (Å²) >= 11 is 0. The highest BCUT2D eigenvalue weighted by Gasteiger charge is 2.35. The molecule has 1 nitrogen and oxygen atoms in total. The number of rotatable bonds is 6. The Kier molecular flexibility index (Phi) is 6.88. The summed E-state index contributed by atoms with van der Waals surface area (Å²) < 4.78 is 0. The lowest BCUT2D eigenvalue weighted by Crippen LogP contribution is -2.16. The molecule has 0 fully saturated rings. The quantitative estimate of drug-likeness (QED) is 0.186. The normalized spacial score (nSPS) is 12.7. The SMILES string of the molecule is CC1(C)c2ccccc2-c2ccc(N(c3ccccc3)c3cccc(-c4ccc(-c5ccc(-c6ccccc6)cc5)cc4)c3)cc21. The van der Waals surface area contributed by atoms with Crippen molar-refractivity contribution >= 4 is 17.1 Å². The van der Waals surface area contributed by atoms with E-state index in [9.17, 15) is 0 Å². The first kappa shape index (κ1) is 27.9. The van der Waals surface area contributed by atoms with Gasteiger partial charge in [0.25, 0.3) is 0 Å².